The second kappa shape index (κ2) is 10.3. The molecule has 160 valence electrons. The van der Waals surface area contributed by atoms with Gasteiger partial charge >= 0.3 is 0 Å². The molecule has 1 heterocycles. The summed E-state index contributed by atoms with van der Waals surface area (Å²) in [5.74, 6) is 1.14. The number of carbonyl (C=O) groups excluding carboxylic acids is 2. The van der Waals surface area contributed by atoms with Gasteiger partial charge in [0.2, 0.25) is 5.91 Å². The molecule has 30 heavy (non-hydrogen) atoms. The lowest BCUT2D eigenvalue weighted by Gasteiger charge is -2.34. The van der Waals surface area contributed by atoms with E-state index >= 15 is 0 Å². The van der Waals surface area contributed by atoms with Gasteiger partial charge in [-0.3, -0.25) is 9.59 Å². The van der Waals surface area contributed by atoms with Gasteiger partial charge in [-0.2, -0.15) is 0 Å². The Morgan fingerprint density at radius 2 is 1.70 bits per heavy atom. The minimum absolute atomic E-state index is 0.0602. The molecule has 5 heteroatoms. The quantitative estimate of drug-likeness (QED) is 0.647. The SMILES string of the molecule is CCOc1ccc(N2CCC(c3ccc(C(C)NC(=O)CC(C)=O)cc3)CC2)cc1. The van der Waals surface area contributed by atoms with Crippen LogP contribution in [0.25, 0.3) is 0 Å². The third-order valence-electron chi connectivity index (χ3n) is 5.70. The van der Waals surface area contributed by atoms with Crippen LogP contribution in [0.4, 0.5) is 5.69 Å². The summed E-state index contributed by atoms with van der Waals surface area (Å²) in [4.78, 5) is 25.3. The predicted octanol–water partition coefficient (Wildman–Crippen LogP) is 4.63. The Morgan fingerprint density at radius 1 is 1.07 bits per heavy atom. The van der Waals surface area contributed by atoms with Crippen molar-refractivity contribution in [1.82, 2.24) is 5.32 Å². The van der Waals surface area contributed by atoms with E-state index in [9.17, 15) is 9.59 Å². The van der Waals surface area contributed by atoms with Gasteiger partial charge < -0.3 is 15.0 Å². The number of Topliss-reactive ketones (excluding diaryl/α,β-unsaturated/α-hetero) is 1. The molecule has 0 saturated carbocycles. The van der Waals surface area contributed by atoms with Crippen molar-refractivity contribution in [2.24, 2.45) is 0 Å². The highest BCUT2D eigenvalue weighted by atomic mass is 16.5. The number of hydrogen-bond acceptors (Lipinski definition) is 4. The van der Waals surface area contributed by atoms with E-state index in [2.05, 4.69) is 46.6 Å². The van der Waals surface area contributed by atoms with Crippen molar-refractivity contribution in [3.05, 3.63) is 59.7 Å². The average molecular weight is 409 g/mol. The van der Waals surface area contributed by atoms with Gasteiger partial charge in [0.1, 0.15) is 11.5 Å². The van der Waals surface area contributed by atoms with Crippen LogP contribution in [0.5, 0.6) is 5.75 Å². The first kappa shape index (κ1) is 21.9. The average Bonchev–Trinajstić information content (AvgIpc) is 2.74. The Labute approximate surface area is 179 Å². The van der Waals surface area contributed by atoms with E-state index < -0.39 is 0 Å². The number of amides is 1. The highest BCUT2D eigenvalue weighted by molar-refractivity contribution is 5.96. The molecule has 1 aliphatic heterocycles. The minimum Gasteiger partial charge on any atom is -0.494 e. The fourth-order valence-corrected chi connectivity index (χ4v) is 4.05. The number of nitrogens with zero attached hydrogens (tertiary/aromatic N) is 1. The molecule has 5 nitrogen and oxygen atoms in total. The molecule has 2 aromatic rings. The zero-order chi connectivity index (χ0) is 21.5. The van der Waals surface area contributed by atoms with Gasteiger partial charge in [0.15, 0.2) is 0 Å². The Balaban J connectivity index is 1.53. The van der Waals surface area contributed by atoms with Crippen molar-refractivity contribution in [3.63, 3.8) is 0 Å². The fourth-order valence-electron chi connectivity index (χ4n) is 4.05. The highest BCUT2D eigenvalue weighted by Gasteiger charge is 2.21. The van der Waals surface area contributed by atoms with Gasteiger partial charge in [0.25, 0.3) is 0 Å². The Hall–Kier alpha value is -2.82. The summed E-state index contributed by atoms with van der Waals surface area (Å²) in [5.41, 5.74) is 3.66. The molecular formula is C25H32N2O3. The number of hydrogen-bond donors (Lipinski definition) is 1. The second-order valence-corrected chi connectivity index (χ2v) is 8.02. The van der Waals surface area contributed by atoms with Crippen LogP contribution in [0.2, 0.25) is 0 Å². The van der Waals surface area contributed by atoms with E-state index in [0.29, 0.717) is 12.5 Å². The lowest BCUT2D eigenvalue weighted by atomic mass is 9.88. The van der Waals surface area contributed by atoms with Gasteiger partial charge in [0.05, 0.1) is 19.1 Å². The fraction of sp³-hybridized carbons (Fsp3) is 0.440. The number of ketones is 1. The van der Waals surface area contributed by atoms with E-state index in [1.54, 1.807) is 0 Å². The number of rotatable bonds is 8. The molecule has 1 amide bonds. The number of ether oxygens (including phenoxy) is 1. The van der Waals surface area contributed by atoms with E-state index in [-0.39, 0.29) is 24.2 Å². The van der Waals surface area contributed by atoms with Crippen molar-refractivity contribution >= 4 is 17.4 Å². The Kier molecular flexibility index (Phi) is 7.50. The Morgan fingerprint density at radius 3 is 2.27 bits per heavy atom. The summed E-state index contributed by atoms with van der Waals surface area (Å²) >= 11 is 0. The topological polar surface area (TPSA) is 58.6 Å². The molecule has 1 N–H and O–H groups in total. The van der Waals surface area contributed by atoms with E-state index in [1.165, 1.54) is 18.2 Å². The monoisotopic (exact) mass is 408 g/mol. The van der Waals surface area contributed by atoms with Crippen LogP contribution in [0.3, 0.4) is 0 Å². The largest absolute Gasteiger partial charge is 0.494 e. The molecule has 1 aliphatic rings. The molecular weight excluding hydrogens is 376 g/mol. The molecule has 0 bridgehead atoms. The van der Waals surface area contributed by atoms with Gasteiger partial charge in [-0.1, -0.05) is 24.3 Å². The molecule has 1 saturated heterocycles. The second-order valence-electron chi connectivity index (χ2n) is 8.02. The van der Waals surface area contributed by atoms with Crippen molar-refractivity contribution in [3.8, 4) is 5.75 Å². The van der Waals surface area contributed by atoms with Gasteiger partial charge in [-0.15, -0.1) is 0 Å². The molecule has 0 radical (unpaired) electrons. The summed E-state index contributed by atoms with van der Waals surface area (Å²) in [5, 5.41) is 2.89. The van der Waals surface area contributed by atoms with Crippen LogP contribution in [0, 0.1) is 0 Å². The van der Waals surface area contributed by atoms with Crippen LogP contribution in [0.1, 0.15) is 63.1 Å². The summed E-state index contributed by atoms with van der Waals surface area (Å²) in [6.45, 7) is 8.14. The lowest BCUT2D eigenvalue weighted by molar-refractivity contribution is -0.127. The molecule has 1 fully saturated rings. The van der Waals surface area contributed by atoms with Crippen LogP contribution in [-0.4, -0.2) is 31.4 Å². The molecule has 1 unspecified atom stereocenters. The normalized spacial score (nSPS) is 15.5. The Bertz CT molecular complexity index is 838. The standard InChI is InChI=1S/C25H32N2O3/c1-4-30-24-11-9-23(10-12-24)27-15-13-22(14-16-27)21-7-5-20(6-8-21)19(3)26-25(29)17-18(2)28/h5-12,19,22H,4,13-17H2,1-3H3,(H,26,29). The maximum absolute atomic E-state index is 11.8. The zero-order valence-corrected chi connectivity index (χ0v) is 18.2. The highest BCUT2D eigenvalue weighted by Crippen LogP contribution is 2.31. The maximum atomic E-state index is 11.8. The van der Waals surface area contributed by atoms with Gasteiger partial charge in [-0.05, 0) is 74.9 Å². The van der Waals surface area contributed by atoms with E-state index in [1.807, 2.05) is 26.0 Å². The first-order valence-electron chi connectivity index (χ1n) is 10.8. The molecule has 0 aliphatic carbocycles. The summed E-state index contributed by atoms with van der Waals surface area (Å²) in [6, 6.07) is 16.8. The summed E-state index contributed by atoms with van der Waals surface area (Å²) < 4.78 is 5.53. The van der Waals surface area contributed by atoms with Crippen LogP contribution in [-0.2, 0) is 9.59 Å². The van der Waals surface area contributed by atoms with Crippen molar-refractivity contribution in [2.45, 2.75) is 52.0 Å². The predicted molar refractivity (Wildman–Crippen MR) is 120 cm³/mol. The molecule has 1 atom stereocenters. The smallest absolute Gasteiger partial charge is 0.227 e. The molecule has 3 rings (SSSR count). The third kappa shape index (κ3) is 5.85. The van der Waals surface area contributed by atoms with E-state index in [0.717, 1.165) is 37.2 Å². The van der Waals surface area contributed by atoms with Crippen LogP contribution >= 0.6 is 0 Å². The maximum Gasteiger partial charge on any atom is 0.227 e. The van der Waals surface area contributed by atoms with Crippen molar-refractivity contribution < 1.29 is 14.3 Å². The zero-order valence-electron chi connectivity index (χ0n) is 18.2. The van der Waals surface area contributed by atoms with Gasteiger partial charge in [-0.25, -0.2) is 0 Å². The number of anilines is 1. The van der Waals surface area contributed by atoms with Crippen LogP contribution < -0.4 is 15.0 Å². The van der Waals surface area contributed by atoms with E-state index in [4.69, 9.17) is 4.74 Å². The van der Waals surface area contributed by atoms with Crippen molar-refractivity contribution in [1.29, 1.82) is 0 Å². The number of carbonyl (C=O) groups is 2. The molecule has 0 aromatic heterocycles. The number of nitrogens with one attached hydrogen (secondary N) is 1. The summed E-state index contributed by atoms with van der Waals surface area (Å²) in [7, 11) is 0. The van der Waals surface area contributed by atoms with Gasteiger partial charge in [0, 0.05) is 18.8 Å². The molecule has 2 aromatic carbocycles. The molecule has 0 spiro atoms. The number of piperidine rings is 1. The third-order valence-corrected chi connectivity index (χ3v) is 5.70. The lowest BCUT2D eigenvalue weighted by Crippen LogP contribution is -2.32. The van der Waals surface area contributed by atoms with Crippen LogP contribution in [0.15, 0.2) is 48.5 Å². The first-order chi connectivity index (χ1) is 14.5. The van der Waals surface area contributed by atoms with Crippen molar-refractivity contribution in [2.75, 3.05) is 24.6 Å². The minimum atomic E-state index is -0.222. The first-order valence-corrected chi connectivity index (χ1v) is 10.8. The summed E-state index contributed by atoms with van der Waals surface area (Å²) in [6.07, 6.45) is 2.18. The number of benzene rings is 2.